The summed E-state index contributed by atoms with van der Waals surface area (Å²) in [6.07, 6.45) is 2.87. The van der Waals surface area contributed by atoms with Crippen LogP contribution in [0.15, 0.2) is 30.3 Å². The summed E-state index contributed by atoms with van der Waals surface area (Å²) in [6, 6.07) is 9.89. The van der Waals surface area contributed by atoms with Gasteiger partial charge in [-0.3, -0.25) is 4.79 Å². The van der Waals surface area contributed by atoms with Gasteiger partial charge in [0, 0.05) is 20.1 Å². The van der Waals surface area contributed by atoms with Crippen molar-refractivity contribution in [1.29, 1.82) is 0 Å². The summed E-state index contributed by atoms with van der Waals surface area (Å²) in [4.78, 5) is 11.7. The summed E-state index contributed by atoms with van der Waals surface area (Å²) in [6.45, 7) is 0.842. The molecule has 1 aliphatic rings. The van der Waals surface area contributed by atoms with Gasteiger partial charge in [0.2, 0.25) is 15.9 Å². The molecule has 0 aliphatic carbocycles. The summed E-state index contributed by atoms with van der Waals surface area (Å²) in [5.41, 5.74) is 1.15. The second kappa shape index (κ2) is 7.74. The first-order valence-electron chi connectivity index (χ1n) is 7.76. The summed E-state index contributed by atoms with van der Waals surface area (Å²) in [5, 5.41) is 2.61. The lowest BCUT2D eigenvalue weighted by Gasteiger charge is -2.31. The van der Waals surface area contributed by atoms with Crippen LogP contribution in [0, 0.1) is 5.92 Å². The second-order valence-electron chi connectivity index (χ2n) is 5.72. The van der Waals surface area contributed by atoms with Crippen LogP contribution < -0.4 is 5.32 Å². The number of hydrogen-bond acceptors (Lipinski definition) is 3. The Balaban J connectivity index is 1.88. The van der Waals surface area contributed by atoms with Crippen LogP contribution in [0.2, 0.25) is 0 Å². The van der Waals surface area contributed by atoms with Crippen LogP contribution in [0.4, 0.5) is 0 Å². The number of aryl methyl sites for hydroxylation is 1. The van der Waals surface area contributed by atoms with E-state index in [1.807, 2.05) is 30.3 Å². The molecular weight excluding hydrogens is 300 g/mol. The summed E-state index contributed by atoms with van der Waals surface area (Å²) < 4.78 is 26.3. The molecule has 0 spiro atoms. The van der Waals surface area contributed by atoms with Gasteiger partial charge in [0.05, 0.1) is 11.7 Å². The smallest absolute Gasteiger partial charge is 0.224 e. The maximum Gasteiger partial charge on any atom is 0.224 e. The quantitative estimate of drug-likeness (QED) is 0.860. The van der Waals surface area contributed by atoms with Crippen molar-refractivity contribution in [3.05, 3.63) is 35.9 Å². The van der Waals surface area contributed by atoms with Gasteiger partial charge in [0.15, 0.2) is 0 Å². The first-order chi connectivity index (χ1) is 10.5. The monoisotopic (exact) mass is 324 g/mol. The Bertz CT molecular complexity index is 587. The highest BCUT2D eigenvalue weighted by Crippen LogP contribution is 2.20. The second-order valence-corrected chi connectivity index (χ2v) is 7.81. The Morgan fingerprint density at radius 3 is 2.73 bits per heavy atom. The van der Waals surface area contributed by atoms with Gasteiger partial charge < -0.3 is 5.32 Å². The van der Waals surface area contributed by atoms with Crippen molar-refractivity contribution in [2.45, 2.75) is 25.7 Å². The fraction of sp³-hybridized carbons (Fsp3) is 0.562. The minimum absolute atomic E-state index is 0.0656. The number of piperidine rings is 1. The van der Waals surface area contributed by atoms with E-state index in [0.29, 0.717) is 19.5 Å². The minimum atomic E-state index is -3.27. The Hall–Kier alpha value is -1.40. The van der Waals surface area contributed by atoms with Crippen molar-refractivity contribution >= 4 is 15.9 Å². The molecule has 22 heavy (non-hydrogen) atoms. The van der Waals surface area contributed by atoms with E-state index in [9.17, 15) is 13.2 Å². The summed E-state index contributed by atoms with van der Waals surface area (Å²) in [7, 11) is -1.68. The highest BCUT2D eigenvalue weighted by atomic mass is 32.2. The van der Waals surface area contributed by atoms with E-state index >= 15 is 0 Å². The van der Waals surface area contributed by atoms with Gasteiger partial charge in [-0.15, -0.1) is 0 Å². The van der Waals surface area contributed by atoms with Crippen LogP contribution in [0.1, 0.15) is 24.8 Å². The Morgan fingerprint density at radius 2 is 2.05 bits per heavy atom. The molecule has 1 atom stereocenters. The molecule has 0 bridgehead atoms. The highest BCUT2D eigenvalue weighted by molar-refractivity contribution is 7.89. The van der Waals surface area contributed by atoms with Crippen LogP contribution in [-0.2, 0) is 21.2 Å². The summed E-state index contributed by atoms with van der Waals surface area (Å²) >= 11 is 0. The Kier molecular flexibility index (Phi) is 5.97. The van der Waals surface area contributed by atoms with Gasteiger partial charge in [-0.25, -0.2) is 12.7 Å². The molecule has 0 radical (unpaired) electrons. The molecule has 1 aromatic rings. The zero-order valence-corrected chi connectivity index (χ0v) is 13.8. The van der Waals surface area contributed by atoms with Gasteiger partial charge in [0.1, 0.15) is 0 Å². The topological polar surface area (TPSA) is 66.5 Å². The fourth-order valence-corrected chi connectivity index (χ4v) is 4.43. The van der Waals surface area contributed by atoms with Gasteiger partial charge in [-0.1, -0.05) is 30.3 Å². The van der Waals surface area contributed by atoms with Gasteiger partial charge >= 0.3 is 0 Å². The number of benzene rings is 1. The maximum absolute atomic E-state index is 12.4. The average molecular weight is 324 g/mol. The normalized spacial score (nSPS) is 19.8. The number of rotatable bonds is 6. The first kappa shape index (κ1) is 17.0. The van der Waals surface area contributed by atoms with Gasteiger partial charge in [-0.2, -0.15) is 0 Å². The van der Waals surface area contributed by atoms with E-state index < -0.39 is 10.0 Å². The lowest BCUT2D eigenvalue weighted by molar-refractivity contribution is -0.125. The molecule has 1 aliphatic heterocycles. The number of hydrogen-bond donors (Lipinski definition) is 1. The number of amides is 1. The Morgan fingerprint density at radius 1 is 1.32 bits per heavy atom. The SMILES string of the molecule is CNC(=O)C1CCCN(S(=O)(=O)CCCc2ccccc2)C1. The van der Waals surface area contributed by atoms with Crippen LogP contribution in [-0.4, -0.2) is 44.5 Å². The zero-order valence-electron chi connectivity index (χ0n) is 13.0. The van der Waals surface area contributed by atoms with E-state index in [2.05, 4.69) is 5.32 Å². The third kappa shape index (κ3) is 4.55. The molecule has 6 heteroatoms. The van der Waals surface area contributed by atoms with Crippen LogP contribution >= 0.6 is 0 Å². The van der Waals surface area contributed by atoms with Gasteiger partial charge in [-0.05, 0) is 31.2 Å². The van der Waals surface area contributed by atoms with Crippen molar-refractivity contribution in [2.75, 3.05) is 25.9 Å². The van der Waals surface area contributed by atoms with E-state index in [1.165, 1.54) is 4.31 Å². The van der Waals surface area contributed by atoms with Crippen molar-refractivity contribution in [3.63, 3.8) is 0 Å². The van der Waals surface area contributed by atoms with E-state index in [-0.39, 0.29) is 17.6 Å². The van der Waals surface area contributed by atoms with Crippen molar-refractivity contribution in [1.82, 2.24) is 9.62 Å². The lowest BCUT2D eigenvalue weighted by Crippen LogP contribution is -2.45. The molecule has 0 aromatic heterocycles. The third-order valence-electron chi connectivity index (χ3n) is 4.11. The Labute approximate surface area is 132 Å². The molecule has 1 aromatic carbocycles. The number of sulfonamides is 1. The first-order valence-corrected chi connectivity index (χ1v) is 9.37. The molecule has 0 saturated carbocycles. The van der Waals surface area contributed by atoms with E-state index in [4.69, 9.17) is 0 Å². The van der Waals surface area contributed by atoms with Gasteiger partial charge in [0.25, 0.3) is 0 Å². The van der Waals surface area contributed by atoms with E-state index in [0.717, 1.165) is 24.8 Å². The molecule has 5 nitrogen and oxygen atoms in total. The third-order valence-corrected chi connectivity index (χ3v) is 6.03. The number of nitrogens with one attached hydrogen (secondary N) is 1. The molecule has 1 N–H and O–H groups in total. The van der Waals surface area contributed by atoms with Crippen LogP contribution in [0.25, 0.3) is 0 Å². The van der Waals surface area contributed by atoms with Crippen molar-refractivity contribution in [3.8, 4) is 0 Å². The average Bonchev–Trinajstić information content (AvgIpc) is 2.55. The maximum atomic E-state index is 12.4. The molecule has 1 unspecified atom stereocenters. The standard InChI is InChI=1S/C16H24N2O3S/c1-17-16(19)15-10-5-11-18(13-15)22(20,21)12-6-9-14-7-3-2-4-8-14/h2-4,7-8,15H,5-6,9-13H2,1H3,(H,17,19). The number of nitrogens with zero attached hydrogens (tertiary/aromatic N) is 1. The summed E-state index contributed by atoms with van der Waals surface area (Å²) in [5.74, 6) is -0.144. The van der Waals surface area contributed by atoms with Crippen molar-refractivity contribution in [2.24, 2.45) is 5.92 Å². The molecule has 122 valence electrons. The lowest BCUT2D eigenvalue weighted by atomic mass is 9.99. The van der Waals surface area contributed by atoms with E-state index in [1.54, 1.807) is 7.05 Å². The largest absolute Gasteiger partial charge is 0.359 e. The van der Waals surface area contributed by atoms with Crippen LogP contribution in [0.5, 0.6) is 0 Å². The molecular formula is C16H24N2O3S. The molecule has 1 saturated heterocycles. The number of carbonyl (C=O) groups excluding carboxylic acids is 1. The molecule has 1 heterocycles. The highest BCUT2D eigenvalue weighted by Gasteiger charge is 2.31. The minimum Gasteiger partial charge on any atom is -0.359 e. The predicted molar refractivity (Wildman–Crippen MR) is 86.9 cm³/mol. The predicted octanol–water partition coefficient (Wildman–Crippen LogP) is 1.41. The zero-order chi connectivity index (χ0) is 16.0. The van der Waals surface area contributed by atoms with Crippen molar-refractivity contribution < 1.29 is 13.2 Å². The fourth-order valence-electron chi connectivity index (χ4n) is 2.85. The van der Waals surface area contributed by atoms with Crippen LogP contribution in [0.3, 0.4) is 0 Å². The number of carbonyl (C=O) groups is 1. The molecule has 2 rings (SSSR count). The molecule has 1 amide bonds. The molecule has 1 fully saturated rings.